The van der Waals surface area contributed by atoms with Crippen molar-refractivity contribution in [3.63, 3.8) is 0 Å². The summed E-state index contributed by atoms with van der Waals surface area (Å²) in [6, 6.07) is 6.78. The minimum Gasteiger partial charge on any atom is -0.361 e. The van der Waals surface area contributed by atoms with Crippen LogP contribution >= 0.6 is 11.3 Å². The first-order chi connectivity index (χ1) is 20.0. The van der Waals surface area contributed by atoms with E-state index >= 15 is 0 Å². The smallest absolute Gasteiger partial charge is 0.263 e. The minimum absolute atomic E-state index is 0.141. The number of Topliss-reactive ketones (excluding diaryl/α,β-unsaturated/α-hetero) is 1. The number of ketones is 1. The summed E-state index contributed by atoms with van der Waals surface area (Å²) in [5.74, 6) is -1.75. The second-order valence-electron chi connectivity index (χ2n) is 11.5. The summed E-state index contributed by atoms with van der Waals surface area (Å²) in [6.07, 6.45) is 3.16. The molecule has 0 bridgehead atoms. The van der Waals surface area contributed by atoms with E-state index in [1.54, 1.807) is 13.8 Å². The van der Waals surface area contributed by atoms with E-state index < -0.39 is 41.4 Å². The first-order valence-corrected chi connectivity index (χ1v) is 15.1. The number of nitrogens with one attached hydrogen (secondary N) is 3. The number of nitrogens with zero attached hydrogens (tertiary/aromatic N) is 2. The predicted molar refractivity (Wildman–Crippen MR) is 157 cm³/mol. The monoisotopic (exact) mass is 597 g/mol. The largest absolute Gasteiger partial charge is 0.361 e. The Kier molecular flexibility index (Phi) is 10.1. The molecule has 4 atom stereocenters. The zero-order valence-corrected chi connectivity index (χ0v) is 25.3. The molecule has 3 N–H and O–H groups in total. The standard InChI is InChI=1S/C30H39N5O6S/c1-18(2)13-21(26(37)30(4)17-41-30)33-27(38)22(14-20-9-6-5-7-10-20)34-28(39)23-11-8-12-35(23)25(36)16-32-29(40)24-15-31-19(3)42-24/h5-7,9-10,15,18,21-23H,8,11-14,16-17H2,1-4H3,(H,32,40)(H,33,38)(H,34,39)/t21-,22-,23-,30+/m0/s1. The Balaban J connectivity index is 1.43. The average Bonchev–Trinajstić information content (AvgIpc) is 3.32. The fraction of sp³-hybridized carbons (Fsp3) is 0.533. The van der Waals surface area contributed by atoms with Crippen molar-refractivity contribution in [2.24, 2.45) is 5.92 Å². The molecule has 0 saturated carbocycles. The van der Waals surface area contributed by atoms with Crippen molar-refractivity contribution >= 4 is 40.7 Å². The highest BCUT2D eigenvalue weighted by Gasteiger charge is 2.50. The lowest BCUT2D eigenvalue weighted by atomic mass is 9.93. The summed E-state index contributed by atoms with van der Waals surface area (Å²) in [5, 5.41) is 9.09. The van der Waals surface area contributed by atoms with Gasteiger partial charge in [0.05, 0.1) is 30.4 Å². The third-order valence-electron chi connectivity index (χ3n) is 7.48. The van der Waals surface area contributed by atoms with Gasteiger partial charge in [0.2, 0.25) is 17.7 Å². The number of carbonyl (C=O) groups excluding carboxylic acids is 5. The van der Waals surface area contributed by atoms with Crippen molar-refractivity contribution in [3.05, 3.63) is 52.0 Å². The van der Waals surface area contributed by atoms with Crippen LogP contribution in [0, 0.1) is 12.8 Å². The highest BCUT2D eigenvalue weighted by atomic mass is 32.1. The quantitative estimate of drug-likeness (QED) is 0.298. The number of rotatable bonds is 13. The Morgan fingerprint density at radius 1 is 1.12 bits per heavy atom. The fourth-order valence-electron chi connectivity index (χ4n) is 5.07. The lowest BCUT2D eigenvalue weighted by Crippen LogP contribution is -2.57. The van der Waals surface area contributed by atoms with Crippen LogP contribution < -0.4 is 16.0 Å². The zero-order valence-electron chi connectivity index (χ0n) is 24.5. The molecule has 4 amide bonds. The van der Waals surface area contributed by atoms with Crippen LogP contribution in [-0.2, 0) is 30.3 Å². The molecule has 0 aliphatic carbocycles. The van der Waals surface area contributed by atoms with Crippen molar-refractivity contribution in [1.82, 2.24) is 25.8 Å². The number of aryl methyl sites for hydroxylation is 1. The molecule has 2 saturated heterocycles. The van der Waals surface area contributed by atoms with Gasteiger partial charge in [0, 0.05) is 13.0 Å². The Hall–Kier alpha value is -3.64. The lowest BCUT2D eigenvalue weighted by molar-refractivity contribution is -0.139. The molecule has 2 fully saturated rings. The van der Waals surface area contributed by atoms with E-state index in [0.717, 1.165) is 10.6 Å². The number of thiazole rings is 1. The summed E-state index contributed by atoms with van der Waals surface area (Å²) >= 11 is 1.23. The van der Waals surface area contributed by atoms with E-state index in [4.69, 9.17) is 4.74 Å². The van der Waals surface area contributed by atoms with Gasteiger partial charge in [-0.15, -0.1) is 11.3 Å². The van der Waals surface area contributed by atoms with Gasteiger partial charge in [0.1, 0.15) is 22.6 Å². The first kappa shape index (κ1) is 31.3. The topological polar surface area (TPSA) is 150 Å². The van der Waals surface area contributed by atoms with Crippen LogP contribution in [0.1, 0.15) is 60.3 Å². The molecular formula is C30H39N5O6S. The van der Waals surface area contributed by atoms with Gasteiger partial charge < -0.3 is 25.6 Å². The van der Waals surface area contributed by atoms with Gasteiger partial charge in [-0.2, -0.15) is 0 Å². The number of hydrogen-bond acceptors (Lipinski definition) is 8. The van der Waals surface area contributed by atoms with Gasteiger partial charge in [-0.05, 0) is 44.6 Å². The van der Waals surface area contributed by atoms with Crippen LogP contribution in [0.2, 0.25) is 0 Å². The number of hydrogen-bond donors (Lipinski definition) is 3. The highest BCUT2D eigenvalue weighted by Crippen LogP contribution is 2.29. The van der Waals surface area contributed by atoms with Crippen molar-refractivity contribution in [2.45, 2.75) is 77.1 Å². The zero-order chi connectivity index (χ0) is 30.4. The SMILES string of the molecule is Cc1ncc(C(=O)NCC(=O)N2CCC[C@H]2C(=O)N[C@@H](Cc2ccccc2)C(=O)N[C@@H](CC(C)C)C(=O)[C@@]2(C)CO2)s1. The molecule has 4 rings (SSSR count). The molecule has 2 aliphatic heterocycles. The summed E-state index contributed by atoms with van der Waals surface area (Å²) in [4.78, 5) is 71.6. The van der Waals surface area contributed by atoms with E-state index in [1.807, 2.05) is 44.2 Å². The molecule has 3 heterocycles. The Labute approximate surface area is 249 Å². The van der Waals surface area contributed by atoms with E-state index in [9.17, 15) is 24.0 Å². The van der Waals surface area contributed by atoms with Gasteiger partial charge in [-0.25, -0.2) is 4.98 Å². The van der Waals surface area contributed by atoms with Gasteiger partial charge in [-0.1, -0.05) is 44.2 Å². The van der Waals surface area contributed by atoms with Gasteiger partial charge in [-0.3, -0.25) is 24.0 Å². The molecular weight excluding hydrogens is 558 g/mol. The Bertz CT molecular complexity index is 1310. The van der Waals surface area contributed by atoms with Crippen molar-refractivity contribution in [2.75, 3.05) is 19.7 Å². The number of amides is 4. The average molecular weight is 598 g/mol. The lowest BCUT2D eigenvalue weighted by Gasteiger charge is -2.28. The number of benzene rings is 1. The first-order valence-electron chi connectivity index (χ1n) is 14.3. The second-order valence-corrected chi connectivity index (χ2v) is 12.7. The second kappa shape index (κ2) is 13.6. The van der Waals surface area contributed by atoms with Crippen LogP contribution in [0.25, 0.3) is 0 Å². The maximum atomic E-state index is 13.6. The summed E-state index contributed by atoms with van der Waals surface area (Å²) in [6.45, 7) is 7.87. The molecule has 0 unspecified atom stereocenters. The molecule has 11 nitrogen and oxygen atoms in total. The van der Waals surface area contributed by atoms with Crippen LogP contribution in [0.4, 0.5) is 0 Å². The van der Waals surface area contributed by atoms with Gasteiger partial charge in [0.15, 0.2) is 5.78 Å². The maximum absolute atomic E-state index is 13.6. The van der Waals surface area contributed by atoms with Gasteiger partial charge >= 0.3 is 0 Å². The van der Waals surface area contributed by atoms with Crippen molar-refractivity contribution in [3.8, 4) is 0 Å². The number of ether oxygens (including phenoxy) is 1. The molecule has 226 valence electrons. The van der Waals surface area contributed by atoms with Crippen molar-refractivity contribution < 1.29 is 28.7 Å². The summed E-state index contributed by atoms with van der Waals surface area (Å²) in [5.41, 5.74) is -0.0631. The van der Waals surface area contributed by atoms with Crippen LogP contribution in [0.5, 0.6) is 0 Å². The third-order valence-corrected chi connectivity index (χ3v) is 8.39. The molecule has 0 radical (unpaired) electrons. The summed E-state index contributed by atoms with van der Waals surface area (Å²) in [7, 11) is 0. The van der Waals surface area contributed by atoms with E-state index in [1.165, 1.54) is 22.4 Å². The molecule has 0 spiro atoms. The Morgan fingerprint density at radius 3 is 2.45 bits per heavy atom. The van der Waals surface area contributed by atoms with E-state index in [0.29, 0.717) is 37.3 Å². The third kappa shape index (κ3) is 8.01. The molecule has 2 aromatic rings. The number of likely N-dealkylation sites (tertiary alicyclic amines) is 1. The highest BCUT2D eigenvalue weighted by molar-refractivity contribution is 7.13. The normalized spacial score (nSPS) is 21.0. The fourth-order valence-corrected chi connectivity index (χ4v) is 5.76. The minimum atomic E-state index is -0.970. The van der Waals surface area contributed by atoms with Gasteiger partial charge in [0.25, 0.3) is 5.91 Å². The maximum Gasteiger partial charge on any atom is 0.263 e. The molecule has 2 aliphatic rings. The number of carbonyl (C=O) groups is 5. The molecule has 1 aromatic carbocycles. The number of aromatic nitrogens is 1. The molecule has 1 aromatic heterocycles. The Morgan fingerprint density at radius 2 is 1.83 bits per heavy atom. The van der Waals surface area contributed by atoms with Crippen LogP contribution in [-0.4, -0.2) is 82.7 Å². The summed E-state index contributed by atoms with van der Waals surface area (Å²) < 4.78 is 5.35. The van der Waals surface area contributed by atoms with E-state index in [2.05, 4.69) is 20.9 Å². The molecule has 42 heavy (non-hydrogen) atoms. The van der Waals surface area contributed by atoms with Crippen LogP contribution in [0.3, 0.4) is 0 Å². The van der Waals surface area contributed by atoms with E-state index in [-0.39, 0.29) is 30.6 Å². The van der Waals surface area contributed by atoms with Crippen LogP contribution in [0.15, 0.2) is 36.5 Å². The predicted octanol–water partition coefficient (Wildman–Crippen LogP) is 1.79. The molecule has 12 heteroatoms. The van der Waals surface area contributed by atoms with Crippen molar-refractivity contribution in [1.29, 1.82) is 0 Å². The number of epoxide rings is 1.